The molecule has 0 saturated carbocycles. The minimum atomic E-state index is 0.266. The maximum absolute atomic E-state index is 5.92. The molecule has 1 aromatic rings. The molecule has 2 nitrogen and oxygen atoms in total. The van der Waals surface area contributed by atoms with Gasteiger partial charge in [0, 0.05) is 11.8 Å². The molecule has 96 valence electrons. The Bertz CT molecular complexity index is 300. The van der Waals surface area contributed by atoms with E-state index in [2.05, 4.69) is 26.0 Å². The van der Waals surface area contributed by atoms with Crippen LogP contribution in [0.4, 0.5) is 0 Å². The van der Waals surface area contributed by atoms with E-state index in [9.17, 15) is 0 Å². The number of benzene rings is 1. The molecule has 0 radical (unpaired) electrons. The van der Waals surface area contributed by atoms with Gasteiger partial charge in [-0.3, -0.25) is 0 Å². The van der Waals surface area contributed by atoms with Crippen LogP contribution in [0, 0.1) is 0 Å². The van der Waals surface area contributed by atoms with Crippen molar-refractivity contribution in [1.82, 2.24) is 0 Å². The van der Waals surface area contributed by atoms with E-state index < -0.39 is 0 Å². The molecule has 0 amide bonds. The molecule has 0 spiro atoms. The zero-order valence-corrected chi connectivity index (χ0v) is 11.6. The minimum Gasteiger partial charge on any atom is -0.493 e. The van der Waals surface area contributed by atoms with Crippen molar-refractivity contribution in [2.45, 2.75) is 32.7 Å². The highest BCUT2D eigenvalue weighted by Crippen LogP contribution is 2.14. The third-order valence-electron chi connectivity index (χ3n) is 2.65. The highest BCUT2D eigenvalue weighted by atomic mass is 32.2. The number of thioether (sulfide) groups is 1. The second-order valence-electron chi connectivity index (χ2n) is 4.06. The van der Waals surface area contributed by atoms with Gasteiger partial charge in [0.05, 0.1) is 6.61 Å². The average Bonchev–Trinajstić information content (AvgIpc) is 2.36. The van der Waals surface area contributed by atoms with Crippen molar-refractivity contribution >= 4 is 11.8 Å². The van der Waals surface area contributed by atoms with Crippen LogP contribution in [0.1, 0.15) is 25.8 Å². The summed E-state index contributed by atoms with van der Waals surface area (Å²) in [6.45, 7) is 5.07. The Morgan fingerprint density at radius 1 is 1.24 bits per heavy atom. The Hall–Kier alpha value is -0.670. The van der Waals surface area contributed by atoms with Crippen molar-refractivity contribution in [2.24, 2.45) is 5.73 Å². The molecular weight excluding hydrogens is 230 g/mol. The molecular formula is C14H23NOS. The first-order valence-electron chi connectivity index (χ1n) is 6.31. The standard InChI is InChI=1S/C14H23NOS/c1-3-13(15)11-12-5-7-14(8-6-12)16-9-10-17-4-2/h5-8,13H,3-4,9-11,15H2,1-2H3. The predicted octanol–water partition coefficient (Wildman–Crippen LogP) is 3.10. The lowest BCUT2D eigenvalue weighted by atomic mass is 10.0. The quantitative estimate of drug-likeness (QED) is 0.723. The zero-order valence-electron chi connectivity index (χ0n) is 10.8. The van der Waals surface area contributed by atoms with Gasteiger partial charge in [-0.2, -0.15) is 11.8 Å². The Morgan fingerprint density at radius 2 is 1.94 bits per heavy atom. The van der Waals surface area contributed by atoms with E-state index in [1.54, 1.807) is 0 Å². The van der Waals surface area contributed by atoms with Crippen molar-refractivity contribution in [3.63, 3.8) is 0 Å². The van der Waals surface area contributed by atoms with Crippen LogP contribution in [0.15, 0.2) is 24.3 Å². The molecule has 3 heteroatoms. The minimum absolute atomic E-state index is 0.266. The maximum atomic E-state index is 5.92. The summed E-state index contributed by atoms with van der Waals surface area (Å²) in [5, 5.41) is 0. The molecule has 1 unspecified atom stereocenters. The molecule has 0 saturated heterocycles. The normalized spacial score (nSPS) is 12.4. The van der Waals surface area contributed by atoms with Crippen molar-refractivity contribution in [3.05, 3.63) is 29.8 Å². The summed E-state index contributed by atoms with van der Waals surface area (Å²) < 4.78 is 5.64. The number of rotatable bonds is 8. The van der Waals surface area contributed by atoms with Gasteiger partial charge in [0.25, 0.3) is 0 Å². The van der Waals surface area contributed by atoms with Crippen molar-refractivity contribution < 1.29 is 4.74 Å². The van der Waals surface area contributed by atoms with Gasteiger partial charge < -0.3 is 10.5 Å². The molecule has 0 aliphatic rings. The van der Waals surface area contributed by atoms with E-state index in [4.69, 9.17) is 10.5 Å². The lowest BCUT2D eigenvalue weighted by molar-refractivity contribution is 0.344. The lowest BCUT2D eigenvalue weighted by Gasteiger charge is -2.10. The zero-order chi connectivity index (χ0) is 12.5. The Balaban J connectivity index is 2.34. The van der Waals surface area contributed by atoms with Crippen LogP contribution in [0.3, 0.4) is 0 Å². The molecule has 1 rings (SSSR count). The van der Waals surface area contributed by atoms with Gasteiger partial charge in [-0.25, -0.2) is 0 Å². The summed E-state index contributed by atoms with van der Waals surface area (Å²) >= 11 is 1.90. The van der Waals surface area contributed by atoms with E-state index in [1.807, 2.05) is 23.9 Å². The Morgan fingerprint density at radius 3 is 2.53 bits per heavy atom. The van der Waals surface area contributed by atoms with Gasteiger partial charge in [-0.05, 0) is 36.3 Å². The monoisotopic (exact) mass is 253 g/mol. The summed E-state index contributed by atoms with van der Waals surface area (Å²) in [5.41, 5.74) is 7.21. The molecule has 0 aliphatic heterocycles. The average molecular weight is 253 g/mol. The molecule has 2 N–H and O–H groups in total. The lowest BCUT2D eigenvalue weighted by Crippen LogP contribution is -2.21. The SMILES string of the molecule is CCSCCOc1ccc(CC(N)CC)cc1. The highest BCUT2D eigenvalue weighted by molar-refractivity contribution is 7.99. The largest absolute Gasteiger partial charge is 0.493 e. The molecule has 0 aliphatic carbocycles. The van der Waals surface area contributed by atoms with E-state index in [0.717, 1.165) is 36.7 Å². The van der Waals surface area contributed by atoms with Gasteiger partial charge in [-0.15, -0.1) is 0 Å². The Kier molecular flexibility index (Phi) is 7.13. The summed E-state index contributed by atoms with van der Waals surface area (Å²) in [6.07, 6.45) is 1.97. The van der Waals surface area contributed by atoms with E-state index >= 15 is 0 Å². The van der Waals surface area contributed by atoms with Crippen LogP contribution < -0.4 is 10.5 Å². The van der Waals surface area contributed by atoms with Crippen LogP contribution in [0.25, 0.3) is 0 Å². The second-order valence-corrected chi connectivity index (χ2v) is 5.46. The van der Waals surface area contributed by atoms with Crippen LogP contribution in [-0.4, -0.2) is 24.2 Å². The van der Waals surface area contributed by atoms with Gasteiger partial charge in [0.2, 0.25) is 0 Å². The molecule has 1 atom stereocenters. The summed E-state index contributed by atoms with van der Waals surface area (Å²) in [5.74, 6) is 3.16. The van der Waals surface area contributed by atoms with Crippen LogP contribution >= 0.6 is 11.8 Å². The number of hydrogen-bond donors (Lipinski definition) is 1. The molecule has 0 heterocycles. The molecule has 1 aromatic carbocycles. The molecule has 0 fully saturated rings. The fourth-order valence-corrected chi connectivity index (χ4v) is 2.02. The van der Waals surface area contributed by atoms with Gasteiger partial charge in [0.1, 0.15) is 5.75 Å². The van der Waals surface area contributed by atoms with Crippen molar-refractivity contribution in [2.75, 3.05) is 18.1 Å². The first-order valence-corrected chi connectivity index (χ1v) is 7.46. The van der Waals surface area contributed by atoms with Crippen molar-refractivity contribution in [3.8, 4) is 5.75 Å². The Labute approximate surface area is 109 Å². The third kappa shape index (κ3) is 5.99. The fourth-order valence-electron chi connectivity index (χ4n) is 1.53. The topological polar surface area (TPSA) is 35.2 Å². The number of ether oxygens (including phenoxy) is 1. The maximum Gasteiger partial charge on any atom is 0.119 e. The van der Waals surface area contributed by atoms with Gasteiger partial charge in [-0.1, -0.05) is 26.0 Å². The van der Waals surface area contributed by atoms with E-state index in [1.165, 1.54) is 5.56 Å². The summed E-state index contributed by atoms with van der Waals surface area (Å²) in [6, 6.07) is 8.56. The van der Waals surface area contributed by atoms with Crippen LogP contribution in [0.2, 0.25) is 0 Å². The van der Waals surface area contributed by atoms with Gasteiger partial charge in [0.15, 0.2) is 0 Å². The smallest absolute Gasteiger partial charge is 0.119 e. The third-order valence-corrected chi connectivity index (χ3v) is 3.51. The number of nitrogens with two attached hydrogens (primary N) is 1. The molecule has 17 heavy (non-hydrogen) atoms. The molecule has 0 aromatic heterocycles. The van der Waals surface area contributed by atoms with E-state index in [0.29, 0.717) is 0 Å². The summed E-state index contributed by atoms with van der Waals surface area (Å²) in [4.78, 5) is 0. The predicted molar refractivity (Wildman–Crippen MR) is 76.9 cm³/mol. The highest BCUT2D eigenvalue weighted by Gasteiger charge is 2.01. The second kappa shape index (κ2) is 8.43. The first kappa shape index (κ1) is 14.4. The summed E-state index contributed by atoms with van der Waals surface area (Å²) in [7, 11) is 0. The fraction of sp³-hybridized carbons (Fsp3) is 0.571. The van der Waals surface area contributed by atoms with Gasteiger partial charge >= 0.3 is 0 Å². The first-order chi connectivity index (χ1) is 8.26. The molecule has 0 bridgehead atoms. The van der Waals surface area contributed by atoms with Crippen LogP contribution in [-0.2, 0) is 6.42 Å². The van der Waals surface area contributed by atoms with E-state index in [-0.39, 0.29) is 6.04 Å². The van der Waals surface area contributed by atoms with Crippen LogP contribution in [0.5, 0.6) is 5.75 Å². The number of hydrogen-bond acceptors (Lipinski definition) is 3. The van der Waals surface area contributed by atoms with Crippen molar-refractivity contribution in [1.29, 1.82) is 0 Å².